The molecule has 2 aromatic rings. The fourth-order valence-corrected chi connectivity index (χ4v) is 4.51. The van der Waals surface area contributed by atoms with E-state index in [0.717, 1.165) is 40.6 Å². The van der Waals surface area contributed by atoms with Crippen LogP contribution in [0.25, 0.3) is 0 Å². The SMILES string of the molecule is OC1(C#CCN2CCCC2)c2ccccc2Sc2ccccc21.[C-]#[O+].[C-]#[O+].[C-]#[O+].[C-]#[O+].[C-]#[O+].[C-]#[O+].[Co+3].[Co+3]. The summed E-state index contributed by atoms with van der Waals surface area (Å²) >= 11 is 1.71. The molecule has 0 amide bonds. The Bertz CT molecular complexity index is 971. The van der Waals surface area contributed by atoms with Crippen LogP contribution in [-0.4, -0.2) is 29.6 Å². The van der Waals surface area contributed by atoms with E-state index in [1.54, 1.807) is 11.8 Å². The third kappa shape index (κ3) is 13.7. The first-order chi connectivity index (χ1) is 17.3. The van der Waals surface area contributed by atoms with Gasteiger partial charge in [0.15, 0.2) is 5.60 Å². The monoisotopic (exact) mass is 607 g/mol. The van der Waals surface area contributed by atoms with Crippen molar-refractivity contribution in [2.75, 3.05) is 19.6 Å². The first-order valence-electron chi connectivity index (χ1n) is 9.31. The molecule has 2 aliphatic heterocycles. The molecule has 0 aromatic heterocycles. The van der Waals surface area contributed by atoms with Crippen LogP contribution < -0.4 is 0 Å². The zero-order valence-electron chi connectivity index (χ0n) is 19.1. The molecule has 0 bridgehead atoms. The standard InChI is InChI=1S/C20H19NOS.6CO.2Co/c22-20(12-7-15-21-13-5-6-14-21)16-8-1-3-10-18(16)23-19-11-4-2-9-17(19)20;6*1-2;;/h1-4,8-11,22H,5-6,13-15H2;;;;;;;;/q;;;;;;;2*+3. The Morgan fingerprint density at radius 3 is 1.43 bits per heavy atom. The van der Waals surface area contributed by atoms with E-state index in [1.807, 2.05) is 36.4 Å². The third-order valence-corrected chi connectivity index (χ3v) is 5.70. The zero-order valence-corrected chi connectivity index (χ0v) is 22.0. The van der Waals surface area contributed by atoms with Gasteiger partial charge in [0, 0.05) is 20.9 Å². The summed E-state index contributed by atoms with van der Waals surface area (Å²) in [5.74, 6) is 6.42. The molecule has 2 heterocycles. The van der Waals surface area contributed by atoms with Crippen molar-refractivity contribution in [1.29, 1.82) is 0 Å². The molecule has 0 aliphatic carbocycles. The van der Waals surface area contributed by atoms with Crippen LogP contribution in [0.1, 0.15) is 24.0 Å². The van der Waals surface area contributed by atoms with Gasteiger partial charge in [-0.05, 0) is 38.1 Å². The molecule has 8 nitrogen and oxygen atoms in total. The first kappa shape index (κ1) is 44.7. The van der Waals surface area contributed by atoms with E-state index in [4.69, 9.17) is 27.9 Å². The number of rotatable bonds is 1. The number of benzene rings is 2. The maximum absolute atomic E-state index is 11.4. The molecule has 0 unspecified atom stereocenters. The van der Waals surface area contributed by atoms with Crippen molar-refractivity contribution in [3.63, 3.8) is 0 Å². The number of likely N-dealkylation sites (tertiary alicyclic amines) is 1. The van der Waals surface area contributed by atoms with Crippen molar-refractivity contribution < 1.29 is 66.6 Å². The van der Waals surface area contributed by atoms with E-state index in [1.165, 1.54) is 12.8 Å². The van der Waals surface area contributed by atoms with Crippen LogP contribution in [0.5, 0.6) is 0 Å². The Morgan fingerprint density at radius 2 is 1.05 bits per heavy atom. The van der Waals surface area contributed by atoms with Crippen molar-refractivity contribution in [2.45, 2.75) is 28.2 Å². The number of nitrogens with zero attached hydrogens (tertiary/aromatic N) is 1. The van der Waals surface area contributed by atoms with Crippen molar-refractivity contribution >= 4 is 11.8 Å². The van der Waals surface area contributed by atoms with Crippen LogP contribution in [0, 0.1) is 51.7 Å². The second-order valence-electron chi connectivity index (χ2n) is 6.09. The van der Waals surface area contributed by atoms with Crippen LogP contribution in [0.2, 0.25) is 0 Å². The van der Waals surface area contributed by atoms with Crippen molar-refractivity contribution in [1.82, 2.24) is 4.90 Å². The van der Waals surface area contributed by atoms with E-state index in [0.29, 0.717) is 0 Å². The van der Waals surface area contributed by atoms with Crippen molar-refractivity contribution in [2.24, 2.45) is 0 Å². The predicted molar refractivity (Wildman–Crippen MR) is 117 cm³/mol. The third-order valence-electron chi connectivity index (χ3n) is 4.54. The second kappa shape index (κ2) is 30.0. The average Bonchev–Trinajstić information content (AvgIpc) is 3.49. The maximum atomic E-state index is 11.4. The Kier molecular flexibility index (Phi) is 36.2. The van der Waals surface area contributed by atoms with E-state index in [-0.39, 0.29) is 33.6 Å². The molecule has 0 radical (unpaired) electrons. The van der Waals surface area contributed by atoms with E-state index in [2.05, 4.69) is 68.8 Å². The molecule has 1 fully saturated rings. The molecule has 11 heteroatoms. The van der Waals surface area contributed by atoms with Crippen LogP contribution in [-0.2, 0) is 67.1 Å². The van der Waals surface area contributed by atoms with Gasteiger partial charge in [0.25, 0.3) is 0 Å². The molecule has 188 valence electrons. The number of fused-ring (bicyclic) bond motifs is 2. The van der Waals surface area contributed by atoms with Crippen molar-refractivity contribution in [3.8, 4) is 11.8 Å². The first-order valence-corrected chi connectivity index (χ1v) is 10.1. The van der Waals surface area contributed by atoms with Gasteiger partial charge in [0.05, 0.1) is 6.54 Å². The van der Waals surface area contributed by atoms with Gasteiger partial charge >= 0.3 is 101 Å². The molecule has 4 rings (SSSR count). The smallest absolute Gasteiger partial charge is 3.00 e. The van der Waals surface area contributed by atoms with Gasteiger partial charge in [-0.15, -0.1) is 0 Å². The van der Waals surface area contributed by atoms with Crippen LogP contribution in [0.3, 0.4) is 0 Å². The zero-order chi connectivity index (χ0) is 27.7. The molecule has 2 aliphatic rings. The normalized spacial score (nSPS) is 11.9. The van der Waals surface area contributed by atoms with E-state index < -0.39 is 5.60 Å². The Morgan fingerprint density at radius 1 is 0.703 bits per heavy atom. The summed E-state index contributed by atoms with van der Waals surface area (Å²) in [5, 5.41) is 11.4. The summed E-state index contributed by atoms with van der Waals surface area (Å²) in [7, 11) is 0. The van der Waals surface area contributed by atoms with Gasteiger partial charge in [-0.1, -0.05) is 60.0 Å². The summed E-state index contributed by atoms with van der Waals surface area (Å²) in [4.78, 5) is 4.53. The molecule has 0 saturated carbocycles. The Hall–Kier alpha value is -2.28. The van der Waals surface area contributed by atoms with Crippen LogP contribution >= 0.6 is 11.8 Å². The van der Waals surface area contributed by atoms with Gasteiger partial charge in [-0.25, -0.2) is 0 Å². The molecular formula is C26H19Co2NO7S+6. The quantitative estimate of drug-likeness (QED) is 0.302. The predicted octanol–water partition coefficient (Wildman–Crippen LogP) is 3.26. The largest absolute Gasteiger partial charge is 3.00 e. The fraction of sp³-hybridized carbons (Fsp3) is 0.231. The topological polar surface area (TPSA) is 143 Å². The molecule has 1 saturated heterocycles. The van der Waals surface area contributed by atoms with Crippen LogP contribution in [0.4, 0.5) is 0 Å². The average molecular weight is 607 g/mol. The van der Waals surface area contributed by atoms with Gasteiger partial charge in [-0.2, -0.15) is 0 Å². The second-order valence-corrected chi connectivity index (χ2v) is 7.17. The molecular weight excluding hydrogens is 588 g/mol. The minimum atomic E-state index is -1.21. The molecule has 0 spiro atoms. The summed E-state index contributed by atoms with van der Waals surface area (Å²) < 4.78 is 45.0. The maximum Gasteiger partial charge on any atom is 3.00 e. The summed E-state index contributed by atoms with van der Waals surface area (Å²) in [6, 6.07) is 16.1. The van der Waals surface area contributed by atoms with Gasteiger partial charge in [0.1, 0.15) is 0 Å². The van der Waals surface area contributed by atoms with Crippen LogP contribution in [0.15, 0.2) is 58.3 Å². The minimum Gasteiger partial charge on any atom is 3.00 e. The molecule has 0 atom stereocenters. The Labute approximate surface area is 241 Å². The van der Waals surface area contributed by atoms with Crippen molar-refractivity contribution in [3.05, 3.63) is 99.6 Å². The number of aliphatic hydroxyl groups is 1. The number of hydrogen-bond acceptors (Lipinski definition) is 3. The molecule has 37 heavy (non-hydrogen) atoms. The molecule has 2 aromatic carbocycles. The Balaban J connectivity index is -0.000000216. The summed E-state index contributed by atoms with van der Waals surface area (Å²) in [6.07, 6.45) is 2.52. The van der Waals surface area contributed by atoms with E-state index >= 15 is 0 Å². The summed E-state index contributed by atoms with van der Waals surface area (Å²) in [5.41, 5.74) is 0.591. The van der Waals surface area contributed by atoms with E-state index in [9.17, 15) is 5.11 Å². The van der Waals surface area contributed by atoms with Gasteiger partial charge < -0.3 is 5.11 Å². The van der Waals surface area contributed by atoms with Gasteiger partial charge in [-0.3, -0.25) is 4.90 Å². The minimum absolute atomic E-state index is 0. The number of hydrogen-bond donors (Lipinski definition) is 1. The molecule has 1 N–H and O–H groups in total. The fourth-order valence-electron chi connectivity index (χ4n) is 3.33. The van der Waals surface area contributed by atoms with Gasteiger partial charge in [0.2, 0.25) is 0 Å². The summed E-state index contributed by atoms with van der Waals surface area (Å²) in [6.45, 7) is 30.0.